The molecule has 1 aliphatic heterocycles. The first-order valence-electron chi connectivity index (χ1n) is 8.34. The van der Waals surface area contributed by atoms with Crippen molar-refractivity contribution in [3.8, 4) is 0 Å². The maximum Gasteiger partial charge on any atom is 0.287 e. The third kappa shape index (κ3) is 3.34. The monoisotopic (exact) mass is 337 g/mol. The van der Waals surface area contributed by atoms with Crippen LogP contribution in [0, 0.1) is 0 Å². The molecule has 0 spiro atoms. The number of pyridine rings is 1. The second-order valence-electron chi connectivity index (χ2n) is 5.92. The quantitative estimate of drug-likeness (QED) is 0.792. The Hall–Kier alpha value is -2.86. The number of carbonyl (C=O) groups is 1. The smallest absolute Gasteiger partial charge is 0.287 e. The van der Waals surface area contributed by atoms with E-state index in [-0.39, 0.29) is 5.91 Å². The molecule has 0 radical (unpaired) electrons. The van der Waals surface area contributed by atoms with Gasteiger partial charge in [0.25, 0.3) is 5.91 Å². The summed E-state index contributed by atoms with van der Waals surface area (Å²) in [7, 11) is 0. The van der Waals surface area contributed by atoms with Gasteiger partial charge in [-0.15, -0.1) is 0 Å². The fraction of sp³-hybridized carbons (Fsp3) is 0.263. The number of anilines is 1. The molecule has 1 saturated heterocycles. The molecule has 1 N–H and O–H groups in total. The van der Waals surface area contributed by atoms with Crippen LogP contribution in [-0.4, -0.2) is 37.2 Å². The van der Waals surface area contributed by atoms with Crippen LogP contribution >= 0.6 is 0 Å². The van der Waals surface area contributed by atoms with Crippen molar-refractivity contribution >= 4 is 22.7 Å². The van der Waals surface area contributed by atoms with Gasteiger partial charge in [0.1, 0.15) is 11.4 Å². The average molecular weight is 337 g/mol. The number of nitrogens with zero attached hydrogens (tertiary/aromatic N) is 2. The Morgan fingerprint density at radius 1 is 1.16 bits per heavy atom. The molecule has 0 bridgehead atoms. The first-order chi connectivity index (χ1) is 12.3. The molecule has 0 atom stereocenters. The summed E-state index contributed by atoms with van der Waals surface area (Å²) >= 11 is 0. The molecule has 6 heteroatoms. The molecule has 1 aromatic carbocycles. The molecular weight excluding hydrogens is 318 g/mol. The second kappa shape index (κ2) is 6.94. The van der Waals surface area contributed by atoms with E-state index in [1.807, 2.05) is 36.4 Å². The summed E-state index contributed by atoms with van der Waals surface area (Å²) in [6.45, 7) is 3.40. The number of amides is 1. The summed E-state index contributed by atoms with van der Waals surface area (Å²) in [5.41, 5.74) is 1.69. The fourth-order valence-corrected chi connectivity index (χ4v) is 2.98. The van der Waals surface area contributed by atoms with Crippen LogP contribution in [0.3, 0.4) is 0 Å². The Kier molecular flexibility index (Phi) is 4.35. The van der Waals surface area contributed by atoms with E-state index in [4.69, 9.17) is 9.15 Å². The number of benzene rings is 1. The highest BCUT2D eigenvalue weighted by Gasteiger charge is 2.17. The van der Waals surface area contributed by atoms with Crippen molar-refractivity contribution in [1.82, 2.24) is 10.3 Å². The first-order valence-corrected chi connectivity index (χ1v) is 8.34. The Morgan fingerprint density at radius 3 is 2.84 bits per heavy atom. The maximum absolute atomic E-state index is 12.4. The van der Waals surface area contributed by atoms with Crippen LogP contribution in [0.15, 0.2) is 53.1 Å². The topological polar surface area (TPSA) is 67.6 Å². The number of ether oxygens (including phenoxy) is 1. The number of nitrogens with one attached hydrogen (secondary N) is 1. The van der Waals surface area contributed by atoms with Crippen LogP contribution in [0.4, 0.5) is 5.82 Å². The SMILES string of the molecule is O=C(NCc1cccnc1N1CCOCC1)c1cc2ccccc2o1. The molecule has 1 amide bonds. The largest absolute Gasteiger partial charge is 0.451 e. The van der Waals surface area contributed by atoms with E-state index >= 15 is 0 Å². The molecule has 1 aliphatic rings. The van der Waals surface area contributed by atoms with Crippen LogP contribution in [0.1, 0.15) is 16.1 Å². The number of carbonyl (C=O) groups excluding carboxylic acids is 1. The van der Waals surface area contributed by atoms with Crippen molar-refractivity contribution in [2.75, 3.05) is 31.2 Å². The highest BCUT2D eigenvalue weighted by molar-refractivity contribution is 5.96. The van der Waals surface area contributed by atoms with Crippen LogP contribution in [-0.2, 0) is 11.3 Å². The number of morpholine rings is 1. The lowest BCUT2D eigenvalue weighted by Crippen LogP contribution is -2.37. The van der Waals surface area contributed by atoms with Crippen molar-refractivity contribution in [2.24, 2.45) is 0 Å². The van der Waals surface area contributed by atoms with Crippen molar-refractivity contribution in [3.63, 3.8) is 0 Å². The van der Waals surface area contributed by atoms with Crippen LogP contribution < -0.4 is 10.2 Å². The van der Waals surface area contributed by atoms with Crippen LogP contribution in [0.5, 0.6) is 0 Å². The van der Waals surface area contributed by atoms with Gasteiger partial charge < -0.3 is 19.4 Å². The molecule has 0 unspecified atom stereocenters. The van der Waals surface area contributed by atoms with E-state index in [1.54, 1.807) is 12.3 Å². The minimum Gasteiger partial charge on any atom is -0.451 e. The van der Waals surface area contributed by atoms with Gasteiger partial charge in [0.2, 0.25) is 0 Å². The summed E-state index contributed by atoms with van der Waals surface area (Å²) in [6.07, 6.45) is 1.77. The van der Waals surface area contributed by atoms with Crippen molar-refractivity contribution in [3.05, 3.63) is 60.0 Å². The molecular formula is C19H19N3O3. The Bertz CT molecular complexity index is 851. The lowest BCUT2D eigenvalue weighted by atomic mass is 10.2. The molecule has 128 valence electrons. The third-order valence-corrected chi connectivity index (χ3v) is 4.27. The average Bonchev–Trinajstić information content (AvgIpc) is 3.11. The van der Waals surface area contributed by atoms with Gasteiger partial charge in [0, 0.05) is 36.8 Å². The summed E-state index contributed by atoms with van der Waals surface area (Å²) in [5, 5.41) is 3.84. The third-order valence-electron chi connectivity index (χ3n) is 4.27. The van der Waals surface area contributed by atoms with Gasteiger partial charge in [-0.1, -0.05) is 24.3 Å². The predicted molar refractivity (Wildman–Crippen MR) is 94.7 cm³/mol. The second-order valence-corrected chi connectivity index (χ2v) is 5.92. The van der Waals surface area contributed by atoms with Crippen molar-refractivity contribution in [1.29, 1.82) is 0 Å². The highest BCUT2D eigenvalue weighted by atomic mass is 16.5. The number of para-hydroxylation sites is 1. The zero-order valence-corrected chi connectivity index (χ0v) is 13.8. The van der Waals surface area contributed by atoms with Gasteiger partial charge in [0.15, 0.2) is 5.76 Å². The van der Waals surface area contributed by atoms with Crippen LogP contribution in [0.25, 0.3) is 11.0 Å². The van der Waals surface area contributed by atoms with Gasteiger partial charge in [0.05, 0.1) is 13.2 Å². The van der Waals surface area contributed by atoms with E-state index < -0.39 is 0 Å². The molecule has 6 nitrogen and oxygen atoms in total. The van der Waals surface area contributed by atoms with Crippen LogP contribution in [0.2, 0.25) is 0 Å². The first kappa shape index (κ1) is 15.7. The number of hydrogen-bond donors (Lipinski definition) is 1. The lowest BCUT2D eigenvalue weighted by Gasteiger charge is -2.29. The van der Waals surface area contributed by atoms with Gasteiger partial charge in [-0.05, 0) is 18.2 Å². The fourth-order valence-electron chi connectivity index (χ4n) is 2.98. The number of fused-ring (bicyclic) bond motifs is 1. The minimum atomic E-state index is -0.229. The standard InChI is InChI=1S/C19H19N3O3/c23-19(17-12-14-4-1-2-6-16(14)25-17)21-13-15-5-3-7-20-18(15)22-8-10-24-11-9-22/h1-7,12H,8-11,13H2,(H,21,23). The molecule has 25 heavy (non-hydrogen) atoms. The number of hydrogen-bond acceptors (Lipinski definition) is 5. The number of aromatic nitrogens is 1. The van der Waals surface area contributed by atoms with Crippen molar-refractivity contribution < 1.29 is 13.9 Å². The highest BCUT2D eigenvalue weighted by Crippen LogP contribution is 2.20. The predicted octanol–water partition coefficient (Wildman–Crippen LogP) is 2.59. The molecule has 3 aromatic rings. The molecule has 1 fully saturated rings. The van der Waals surface area contributed by atoms with E-state index in [9.17, 15) is 4.79 Å². The van der Waals surface area contributed by atoms with Gasteiger partial charge in [-0.3, -0.25) is 4.79 Å². The number of rotatable bonds is 4. The van der Waals surface area contributed by atoms with E-state index in [0.29, 0.717) is 31.1 Å². The normalized spacial score (nSPS) is 14.6. The van der Waals surface area contributed by atoms with Gasteiger partial charge in [-0.2, -0.15) is 0 Å². The van der Waals surface area contributed by atoms with E-state index in [0.717, 1.165) is 29.9 Å². The molecule has 4 rings (SSSR count). The van der Waals surface area contributed by atoms with Crippen molar-refractivity contribution in [2.45, 2.75) is 6.54 Å². The molecule has 3 heterocycles. The molecule has 0 saturated carbocycles. The number of furan rings is 1. The summed E-state index contributed by atoms with van der Waals surface area (Å²) < 4.78 is 11.0. The van der Waals surface area contributed by atoms with Gasteiger partial charge in [-0.25, -0.2) is 4.98 Å². The zero-order chi connectivity index (χ0) is 17.1. The minimum absolute atomic E-state index is 0.229. The zero-order valence-electron chi connectivity index (χ0n) is 13.8. The van der Waals surface area contributed by atoms with E-state index in [1.165, 1.54) is 0 Å². The Labute approximate surface area is 145 Å². The summed E-state index contributed by atoms with van der Waals surface area (Å²) in [5.74, 6) is 0.988. The summed E-state index contributed by atoms with van der Waals surface area (Å²) in [4.78, 5) is 19.1. The van der Waals surface area contributed by atoms with Gasteiger partial charge >= 0.3 is 0 Å². The lowest BCUT2D eigenvalue weighted by molar-refractivity contribution is 0.0925. The Balaban J connectivity index is 1.48. The van der Waals surface area contributed by atoms with E-state index in [2.05, 4.69) is 15.2 Å². The Morgan fingerprint density at radius 2 is 2.00 bits per heavy atom. The maximum atomic E-state index is 12.4. The molecule has 0 aliphatic carbocycles. The molecule has 2 aromatic heterocycles. The summed E-state index contributed by atoms with van der Waals surface area (Å²) in [6, 6.07) is 13.2.